The van der Waals surface area contributed by atoms with E-state index in [4.69, 9.17) is 44.3 Å². The van der Waals surface area contributed by atoms with Crippen LogP contribution in [-0.2, 0) is 13.7 Å². The maximum atomic E-state index is 12.4. The highest BCUT2D eigenvalue weighted by Gasteiger charge is 2.23. The van der Waals surface area contributed by atoms with E-state index in [1.165, 1.54) is 49.3 Å². The maximum absolute atomic E-state index is 12.4. The van der Waals surface area contributed by atoms with Crippen molar-refractivity contribution in [3.05, 3.63) is 84.6 Å². The number of aromatic nitrogens is 2. The van der Waals surface area contributed by atoms with Crippen molar-refractivity contribution in [2.24, 2.45) is 7.05 Å². The Morgan fingerprint density at radius 2 is 1.88 bits per heavy atom. The van der Waals surface area contributed by atoms with Crippen LogP contribution >= 0.6 is 34.8 Å². The lowest BCUT2D eigenvalue weighted by molar-refractivity contribution is -0.385. The van der Waals surface area contributed by atoms with Gasteiger partial charge in [-0.2, -0.15) is 5.10 Å². The van der Waals surface area contributed by atoms with Crippen LogP contribution in [0.3, 0.4) is 0 Å². The lowest BCUT2D eigenvalue weighted by atomic mass is 10.1. The predicted octanol–water partition coefficient (Wildman–Crippen LogP) is 5.77. The topological polar surface area (TPSA) is 96.5 Å². The van der Waals surface area contributed by atoms with Gasteiger partial charge >= 0.3 is 5.69 Å². The first kappa shape index (κ1) is 23.6. The number of nitrogens with zero attached hydrogens (tertiary/aromatic N) is 3. The zero-order chi connectivity index (χ0) is 23.4. The number of hydrogen-bond acceptors (Lipinski definition) is 6. The molecule has 3 aromatic rings. The van der Waals surface area contributed by atoms with Crippen molar-refractivity contribution in [2.45, 2.75) is 6.61 Å². The lowest BCUT2D eigenvalue weighted by Crippen LogP contribution is -2.01. The van der Waals surface area contributed by atoms with E-state index in [0.717, 1.165) is 0 Å². The van der Waals surface area contributed by atoms with Gasteiger partial charge in [0.05, 0.1) is 27.1 Å². The molecule has 0 spiro atoms. The average molecular weight is 497 g/mol. The SMILES string of the molecule is COc1ccc(/C=C/C(=O)c2nn(C)cc2[N+](=O)[O-])cc1COc1cc(Cl)c(Cl)cc1Cl. The molecule has 0 fully saturated rings. The number of aryl methyl sites for hydroxylation is 1. The molecule has 1 heterocycles. The molecule has 0 radical (unpaired) electrons. The first-order valence-electron chi connectivity index (χ1n) is 9.04. The van der Waals surface area contributed by atoms with Crippen molar-refractivity contribution in [1.29, 1.82) is 0 Å². The van der Waals surface area contributed by atoms with E-state index < -0.39 is 10.7 Å². The van der Waals surface area contributed by atoms with Crippen LogP contribution in [0.2, 0.25) is 15.1 Å². The number of nitro groups is 1. The molecule has 166 valence electrons. The Bertz CT molecular complexity index is 1220. The number of rotatable bonds is 8. The van der Waals surface area contributed by atoms with E-state index in [1.807, 2.05) is 0 Å². The number of hydrogen-bond donors (Lipinski definition) is 0. The summed E-state index contributed by atoms with van der Waals surface area (Å²) in [6.07, 6.45) is 3.92. The summed E-state index contributed by atoms with van der Waals surface area (Å²) < 4.78 is 12.3. The van der Waals surface area contributed by atoms with Crippen LogP contribution in [0.4, 0.5) is 5.69 Å². The summed E-state index contributed by atoms with van der Waals surface area (Å²) in [6.45, 7) is 0.0994. The quantitative estimate of drug-likeness (QED) is 0.129. The molecule has 0 atom stereocenters. The van der Waals surface area contributed by atoms with E-state index in [0.29, 0.717) is 37.7 Å². The molecule has 11 heteroatoms. The van der Waals surface area contributed by atoms with Crippen LogP contribution < -0.4 is 9.47 Å². The molecule has 0 saturated carbocycles. The number of ether oxygens (including phenoxy) is 2. The Kier molecular flexibility index (Phi) is 7.40. The van der Waals surface area contributed by atoms with Crippen LogP contribution in [0.25, 0.3) is 6.08 Å². The Morgan fingerprint density at radius 1 is 1.16 bits per heavy atom. The number of benzene rings is 2. The van der Waals surface area contributed by atoms with E-state index >= 15 is 0 Å². The molecule has 2 aromatic carbocycles. The first-order chi connectivity index (χ1) is 15.2. The van der Waals surface area contributed by atoms with E-state index in [9.17, 15) is 14.9 Å². The van der Waals surface area contributed by atoms with Gasteiger partial charge in [0.15, 0.2) is 0 Å². The smallest absolute Gasteiger partial charge is 0.318 e. The van der Waals surface area contributed by atoms with Gasteiger partial charge in [0.2, 0.25) is 11.5 Å². The van der Waals surface area contributed by atoms with Crippen molar-refractivity contribution in [1.82, 2.24) is 9.78 Å². The molecule has 0 amide bonds. The molecule has 0 saturated heterocycles. The highest BCUT2D eigenvalue weighted by atomic mass is 35.5. The third-order valence-electron chi connectivity index (χ3n) is 4.33. The summed E-state index contributed by atoms with van der Waals surface area (Å²) in [5, 5.41) is 15.9. The second-order valence-electron chi connectivity index (χ2n) is 6.55. The molecule has 1 aromatic heterocycles. The van der Waals surface area contributed by atoms with E-state index in [-0.39, 0.29) is 18.0 Å². The molecule has 0 unspecified atom stereocenters. The van der Waals surface area contributed by atoms with Gasteiger partial charge in [-0.25, -0.2) is 0 Å². The minimum atomic E-state index is -0.648. The second kappa shape index (κ2) is 10.0. The monoisotopic (exact) mass is 495 g/mol. The molecule has 0 aliphatic heterocycles. The van der Waals surface area contributed by atoms with Gasteiger partial charge < -0.3 is 9.47 Å². The average Bonchev–Trinajstić information content (AvgIpc) is 3.16. The standard InChI is InChI=1S/C21H16Cl3N3O5/c1-26-10-17(27(29)30)21(25-26)18(28)5-3-12-4-6-19(31-2)13(7-12)11-32-20-9-15(23)14(22)8-16(20)24/h3-10H,11H2,1-2H3/b5-3+. The molecule has 0 aliphatic rings. The second-order valence-corrected chi connectivity index (χ2v) is 7.77. The Morgan fingerprint density at radius 3 is 2.56 bits per heavy atom. The van der Waals surface area contributed by atoms with Gasteiger partial charge in [-0.05, 0) is 29.8 Å². The zero-order valence-electron chi connectivity index (χ0n) is 16.8. The van der Waals surface area contributed by atoms with Crippen molar-refractivity contribution >= 4 is 52.3 Å². The Hall–Kier alpha value is -3.07. The largest absolute Gasteiger partial charge is 0.496 e. The Balaban J connectivity index is 1.81. The van der Waals surface area contributed by atoms with E-state index in [2.05, 4.69) is 5.10 Å². The summed E-state index contributed by atoms with van der Waals surface area (Å²) in [7, 11) is 3.02. The van der Waals surface area contributed by atoms with Gasteiger partial charge in [-0.15, -0.1) is 0 Å². The molecule has 8 nitrogen and oxygen atoms in total. The van der Waals surface area contributed by atoms with Crippen molar-refractivity contribution in [2.75, 3.05) is 7.11 Å². The van der Waals surface area contributed by atoms with Crippen molar-refractivity contribution in [3.8, 4) is 11.5 Å². The van der Waals surface area contributed by atoms with Crippen molar-refractivity contribution < 1.29 is 19.2 Å². The highest BCUT2D eigenvalue weighted by molar-refractivity contribution is 6.43. The number of halogens is 3. The summed E-state index contributed by atoms with van der Waals surface area (Å²) in [4.78, 5) is 22.9. The fourth-order valence-electron chi connectivity index (χ4n) is 2.82. The minimum absolute atomic E-state index is 0.0994. The van der Waals surface area contributed by atoms with Gasteiger partial charge in [-0.3, -0.25) is 19.6 Å². The van der Waals surface area contributed by atoms with E-state index in [1.54, 1.807) is 18.2 Å². The summed E-state index contributed by atoms with van der Waals surface area (Å²) >= 11 is 18.1. The molecular formula is C21H16Cl3N3O5. The highest BCUT2D eigenvalue weighted by Crippen LogP contribution is 2.35. The van der Waals surface area contributed by atoms with Crippen LogP contribution in [0, 0.1) is 10.1 Å². The third kappa shape index (κ3) is 5.40. The lowest BCUT2D eigenvalue weighted by Gasteiger charge is -2.13. The van der Waals surface area contributed by atoms with Gasteiger partial charge in [0, 0.05) is 18.7 Å². The Labute approximate surface area is 198 Å². The number of allylic oxidation sites excluding steroid dienone is 1. The number of carbonyl (C=O) groups is 1. The van der Waals surface area contributed by atoms with Crippen LogP contribution in [0.1, 0.15) is 21.6 Å². The fraction of sp³-hybridized carbons (Fsp3) is 0.143. The minimum Gasteiger partial charge on any atom is -0.496 e. The van der Waals surface area contributed by atoms with Crippen molar-refractivity contribution in [3.63, 3.8) is 0 Å². The molecule has 0 bridgehead atoms. The molecule has 3 rings (SSSR count). The van der Waals surface area contributed by atoms with Gasteiger partial charge in [-0.1, -0.05) is 46.9 Å². The van der Waals surface area contributed by atoms with Gasteiger partial charge in [0.1, 0.15) is 24.3 Å². The molecule has 0 aliphatic carbocycles. The van der Waals surface area contributed by atoms with Gasteiger partial charge in [0.25, 0.3) is 0 Å². The molecule has 0 N–H and O–H groups in total. The zero-order valence-corrected chi connectivity index (χ0v) is 19.1. The number of carbonyl (C=O) groups excluding carboxylic acids is 1. The number of ketones is 1. The predicted molar refractivity (Wildman–Crippen MR) is 122 cm³/mol. The first-order valence-corrected chi connectivity index (χ1v) is 10.2. The normalized spacial score (nSPS) is 11.0. The summed E-state index contributed by atoms with van der Waals surface area (Å²) in [5.74, 6) is 0.320. The maximum Gasteiger partial charge on any atom is 0.318 e. The van der Waals surface area contributed by atoms with Crippen LogP contribution in [0.15, 0.2) is 42.6 Å². The molecule has 32 heavy (non-hydrogen) atoms. The van der Waals surface area contributed by atoms with Crippen LogP contribution in [0.5, 0.6) is 11.5 Å². The van der Waals surface area contributed by atoms with Crippen LogP contribution in [-0.4, -0.2) is 27.6 Å². The summed E-state index contributed by atoms with van der Waals surface area (Å²) in [6, 6.07) is 8.19. The third-order valence-corrected chi connectivity index (χ3v) is 5.35. The molecular weight excluding hydrogens is 481 g/mol. The number of methoxy groups -OCH3 is 1. The summed E-state index contributed by atoms with van der Waals surface area (Å²) in [5.41, 5.74) is 0.731. The fourth-order valence-corrected chi connectivity index (χ4v) is 3.41.